The summed E-state index contributed by atoms with van der Waals surface area (Å²) in [6, 6.07) is 0.324. The van der Waals surface area contributed by atoms with E-state index in [2.05, 4.69) is 49.3 Å². The maximum absolute atomic E-state index is 4.67. The van der Waals surface area contributed by atoms with Crippen LogP contribution < -0.4 is 5.32 Å². The van der Waals surface area contributed by atoms with Crippen LogP contribution in [-0.4, -0.2) is 18.4 Å². The predicted molar refractivity (Wildman–Crippen MR) is 106 cm³/mol. The van der Waals surface area contributed by atoms with Crippen LogP contribution in [0.2, 0.25) is 0 Å². The molecular formula is C21H30N2. The third-order valence-electron chi connectivity index (χ3n) is 2.44. The van der Waals surface area contributed by atoms with Gasteiger partial charge in [0.1, 0.15) is 5.84 Å². The van der Waals surface area contributed by atoms with Crippen molar-refractivity contribution in [2.24, 2.45) is 4.99 Å². The van der Waals surface area contributed by atoms with Crippen molar-refractivity contribution < 1.29 is 0 Å². The molecule has 0 spiro atoms. The molecule has 2 nitrogen and oxygen atoms in total. The fourth-order valence-corrected chi connectivity index (χ4v) is 1.54. The Morgan fingerprint density at radius 1 is 1.26 bits per heavy atom. The van der Waals surface area contributed by atoms with Crippen LogP contribution in [0.1, 0.15) is 34.6 Å². The van der Waals surface area contributed by atoms with E-state index in [1.807, 2.05) is 57.2 Å². The van der Waals surface area contributed by atoms with Gasteiger partial charge in [0.05, 0.1) is 6.54 Å². The summed E-state index contributed by atoms with van der Waals surface area (Å²) in [7, 11) is 0. The van der Waals surface area contributed by atoms with Crippen molar-refractivity contribution in [2.75, 3.05) is 6.54 Å². The first kappa shape index (κ1) is 22.8. The second-order valence-corrected chi connectivity index (χ2v) is 4.94. The highest BCUT2D eigenvalue weighted by Gasteiger charge is 2.05. The molecule has 0 atom stereocenters. The standard InChI is InChI=1S/C19H28N2.C2H2/c1-7-10-11-14-17(6)15-20-19(21-16(4)5)18(12-8-2)13-9-3;1-2/h7-13,16H,2,15H2,1,3-6H3,(H,20,21);1-2H/b10-7-,13-9-,18-12+;. The topological polar surface area (TPSA) is 24.4 Å². The summed E-state index contributed by atoms with van der Waals surface area (Å²) in [5.41, 5.74) is 5.33. The van der Waals surface area contributed by atoms with Crippen LogP contribution in [0, 0.1) is 12.8 Å². The summed E-state index contributed by atoms with van der Waals surface area (Å²) in [5, 5.41) is 3.39. The van der Waals surface area contributed by atoms with Gasteiger partial charge in [-0.3, -0.25) is 4.99 Å². The zero-order valence-corrected chi connectivity index (χ0v) is 15.1. The zero-order valence-electron chi connectivity index (χ0n) is 15.1. The normalized spacial score (nSPS) is 11.8. The van der Waals surface area contributed by atoms with Crippen LogP contribution in [0.25, 0.3) is 0 Å². The first-order chi connectivity index (χ1) is 11.0. The molecule has 0 aliphatic rings. The zero-order chi connectivity index (χ0) is 18.1. The fourth-order valence-electron chi connectivity index (χ4n) is 1.54. The first-order valence-electron chi connectivity index (χ1n) is 7.68. The summed E-state index contributed by atoms with van der Waals surface area (Å²) in [5.74, 6) is 0.884. The van der Waals surface area contributed by atoms with E-state index >= 15 is 0 Å². The Kier molecular flexibility index (Phi) is 15.7. The van der Waals surface area contributed by atoms with Gasteiger partial charge in [-0.05, 0) is 46.3 Å². The van der Waals surface area contributed by atoms with Crippen molar-refractivity contribution >= 4 is 5.84 Å². The van der Waals surface area contributed by atoms with Gasteiger partial charge in [0.25, 0.3) is 0 Å². The van der Waals surface area contributed by atoms with Gasteiger partial charge in [0.2, 0.25) is 0 Å². The van der Waals surface area contributed by atoms with Crippen molar-refractivity contribution in [1.82, 2.24) is 5.32 Å². The summed E-state index contributed by atoms with van der Waals surface area (Å²) in [6.45, 7) is 14.6. The lowest BCUT2D eigenvalue weighted by Gasteiger charge is -2.14. The number of terminal acetylenes is 1. The van der Waals surface area contributed by atoms with Crippen LogP contribution in [0.3, 0.4) is 0 Å². The quantitative estimate of drug-likeness (QED) is 0.231. The highest BCUT2D eigenvalue weighted by atomic mass is 15.0. The SMILES string of the molecule is C#C.C=C/C=C(\C=C/C)C(=NCC(C)=C=C/C=C\C)NC(C)C. The summed E-state index contributed by atoms with van der Waals surface area (Å²) >= 11 is 0. The predicted octanol–water partition coefficient (Wildman–Crippen LogP) is 5.00. The minimum absolute atomic E-state index is 0.324. The molecule has 0 aromatic heterocycles. The average molecular weight is 310 g/mol. The lowest BCUT2D eigenvalue weighted by Crippen LogP contribution is -2.31. The molecule has 0 saturated heterocycles. The number of allylic oxidation sites excluding steroid dienone is 5. The van der Waals surface area contributed by atoms with E-state index in [1.165, 1.54) is 0 Å². The minimum Gasteiger partial charge on any atom is -0.368 e. The van der Waals surface area contributed by atoms with Crippen molar-refractivity contribution in [3.63, 3.8) is 0 Å². The molecule has 0 unspecified atom stereocenters. The highest BCUT2D eigenvalue weighted by Crippen LogP contribution is 2.03. The molecule has 0 heterocycles. The fraction of sp³-hybridized carbons (Fsp3) is 0.333. The molecule has 23 heavy (non-hydrogen) atoms. The summed E-state index contributed by atoms with van der Waals surface area (Å²) in [6.07, 6.45) is 21.6. The lowest BCUT2D eigenvalue weighted by molar-refractivity contribution is 0.731. The molecule has 0 radical (unpaired) electrons. The van der Waals surface area contributed by atoms with E-state index in [9.17, 15) is 0 Å². The molecule has 0 fully saturated rings. The molecule has 0 aromatic rings. The molecule has 124 valence electrons. The smallest absolute Gasteiger partial charge is 0.128 e. The summed E-state index contributed by atoms with van der Waals surface area (Å²) < 4.78 is 0. The third kappa shape index (κ3) is 12.9. The Morgan fingerprint density at radius 3 is 2.39 bits per heavy atom. The van der Waals surface area contributed by atoms with Crippen LogP contribution in [0.15, 0.2) is 71.0 Å². The van der Waals surface area contributed by atoms with Gasteiger partial charge in [0, 0.05) is 11.6 Å². The monoisotopic (exact) mass is 310 g/mol. The van der Waals surface area contributed by atoms with Gasteiger partial charge in [-0.15, -0.1) is 18.6 Å². The number of nitrogens with zero attached hydrogens (tertiary/aromatic N) is 1. The molecule has 0 amide bonds. The molecule has 2 heteroatoms. The maximum atomic E-state index is 4.67. The van der Waals surface area contributed by atoms with Gasteiger partial charge in [-0.25, -0.2) is 0 Å². The molecule has 0 bridgehead atoms. The van der Waals surface area contributed by atoms with Gasteiger partial charge < -0.3 is 5.32 Å². The van der Waals surface area contributed by atoms with Crippen LogP contribution in [-0.2, 0) is 0 Å². The van der Waals surface area contributed by atoms with E-state index in [4.69, 9.17) is 0 Å². The van der Waals surface area contributed by atoms with Gasteiger partial charge in [-0.2, -0.15) is 0 Å². The summed E-state index contributed by atoms with van der Waals surface area (Å²) in [4.78, 5) is 4.67. The Hall–Kier alpha value is -2.49. The largest absolute Gasteiger partial charge is 0.368 e. The number of nitrogens with one attached hydrogen (secondary N) is 1. The molecule has 0 aliphatic carbocycles. The second-order valence-electron chi connectivity index (χ2n) is 4.94. The Morgan fingerprint density at radius 2 is 1.91 bits per heavy atom. The number of amidine groups is 1. The number of rotatable bonds is 7. The number of hydrogen-bond acceptors (Lipinski definition) is 1. The lowest BCUT2D eigenvalue weighted by atomic mass is 10.2. The Bertz CT molecular complexity index is 531. The third-order valence-corrected chi connectivity index (χ3v) is 2.44. The second kappa shape index (κ2) is 15.9. The molecule has 0 aromatic carbocycles. The molecule has 0 rings (SSSR count). The highest BCUT2D eigenvalue weighted by molar-refractivity contribution is 6.01. The number of aliphatic imine (C=N–C) groups is 1. The van der Waals surface area contributed by atoms with Crippen LogP contribution >= 0.6 is 0 Å². The van der Waals surface area contributed by atoms with Crippen LogP contribution in [0.5, 0.6) is 0 Å². The van der Waals surface area contributed by atoms with E-state index in [-0.39, 0.29) is 0 Å². The van der Waals surface area contributed by atoms with Crippen molar-refractivity contribution in [2.45, 2.75) is 40.7 Å². The van der Waals surface area contributed by atoms with Gasteiger partial charge in [0.15, 0.2) is 0 Å². The maximum Gasteiger partial charge on any atom is 0.128 e. The van der Waals surface area contributed by atoms with E-state index in [0.717, 1.165) is 17.0 Å². The molecule has 1 N–H and O–H groups in total. The molecular weight excluding hydrogens is 280 g/mol. The van der Waals surface area contributed by atoms with E-state index in [1.54, 1.807) is 6.08 Å². The van der Waals surface area contributed by atoms with Crippen molar-refractivity contribution in [3.05, 3.63) is 66.0 Å². The number of hydrogen-bond donors (Lipinski definition) is 1. The molecule has 0 saturated carbocycles. The minimum atomic E-state index is 0.324. The van der Waals surface area contributed by atoms with E-state index < -0.39 is 0 Å². The average Bonchev–Trinajstić information content (AvgIpc) is 2.53. The molecule has 0 aliphatic heterocycles. The van der Waals surface area contributed by atoms with E-state index in [0.29, 0.717) is 12.6 Å². The van der Waals surface area contributed by atoms with Crippen molar-refractivity contribution in [3.8, 4) is 12.8 Å². The first-order valence-corrected chi connectivity index (χ1v) is 7.68. The van der Waals surface area contributed by atoms with Crippen molar-refractivity contribution in [1.29, 1.82) is 0 Å². The van der Waals surface area contributed by atoms with Gasteiger partial charge >= 0.3 is 0 Å². The Labute approximate surface area is 142 Å². The van der Waals surface area contributed by atoms with Gasteiger partial charge in [-0.1, -0.05) is 43.0 Å². The Balaban J connectivity index is 0. The van der Waals surface area contributed by atoms with Crippen LogP contribution in [0.4, 0.5) is 0 Å².